The number of hydrogen-bond acceptors (Lipinski definition) is 4. The first-order chi connectivity index (χ1) is 11.6. The van der Waals surface area contributed by atoms with E-state index in [1.54, 1.807) is 13.0 Å². The van der Waals surface area contributed by atoms with Crippen molar-refractivity contribution in [2.24, 2.45) is 0 Å². The number of aromatic nitrogens is 1. The number of benzene rings is 1. The van der Waals surface area contributed by atoms with Crippen molar-refractivity contribution in [2.75, 3.05) is 13.2 Å². The monoisotopic (exact) mass is 326 g/mol. The summed E-state index contributed by atoms with van der Waals surface area (Å²) in [6, 6.07) is 13.5. The van der Waals surface area contributed by atoms with Gasteiger partial charge in [0.05, 0.1) is 23.6 Å². The Balaban J connectivity index is 1.92. The number of pyridine rings is 1. The molecule has 0 saturated carbocycles. The van der Waals surface area contributed by atoms with Gasteiger partial charge in [-0.1, -0.05) is 30.3 Å². The predicted octanol–water partition coefficient (Wildman–Crippen LogP) is 3.13. The van der Waals surface area contributed by atoms with E-state index in [4.69, 9.17) is 4.74 Å². The van der Waals surface area contributed by atoms with Crippen LogP contribution in [-0.2, 0) is 9.53 Å². The summed E-state index contributed by atoms with van der Waals surface area (Å²) in [7, 11) is 0. The minimum atomic E-state index is -0.239. The van der Waals surface area contributed by atoms with Gasteiger partial charge in [0.15, 0.2) is 0 Å². The van der Waals surface area contributed by atoms with E-state index in [1.165, 1.54) is 0 Å². The largest absolute Gasteiger partial charge is 0.466 e. The normalized spacial score (nSPS) is 10.2. The lowest BCUT2D eigenvalue weighted by atomic mass is 10.1. The summed E-state index contributed by atoms with van der Waals surface area (Å²) >= 11 is 0. The number of hydrogen-bond donors (Lipinski definition) is 1. The zero-order valence-electron chi connectivity index (χ0n) is 14.0. The van der Waals surface area contributed by atoms with Crippen LogP contribution in [0.25, 0.3) is 11.3 Å². The standard InChI is InChI=1S/C19H22N2O3/c1-3-24-18(22)10-7-13-20-19(23)16-11-12-17(21-14(16)2)15-8-5-4-6-9-15/h4-6,8-9,11-12H,3,7,10,13H2,1-2H3,(H,20,23). The second-order valence-electron chi connectivity index (χ2n) is 5.36. The summed E-state index contributed by atoms with van der Waals surface area (Å²) < 4.78 is 4.85. The highest BCUT2D eigenvalue weighted by Crippen LogP contribution is 2.18. The molecule has 0 radical (unpaired) electrons. The zero-order valence-corrected chi connectivity index (χ0v) is 14.0. The number of aryl methyl sites for hydroxylation is 1. The van der Waals surface area contributed by atoms with Crippen LogP contribution < -0.4 is 5.32 Å². The lowest BCUT2D eigenvalue weighted by molar-refractivity contribution is -0.143. The second kappa shape index (κ2) is 8.82. The number of ether oxygens (including phenoxy) is 1. The first-order valence-corrected chi connectivity index (χ1v) is 8.08. The maximum absolute atomic E-state index is 12.2. The van der Waals surface area contributed by atoms with E-state index in [0.29, 0.717) is 37.3 Å². The highest BCUT2D eigenvalue weighted by Gasteiger charge is 2.11. The molecule has 1 N–H and O–H groups in total. The molecule has 1 aromatic heterocycles. The maximum atomic E-state index is 12.2. The summed E-state index contributed by atoms with van der Waals surface area (Å²) in [5, 5.41) is 2.81. The highest BCUT2D eigenvalue weighted by molar-refractivity contribution is 5.95. The Labute approximate surface area is 142 Å². The SMILES string of the molecule is CCOC(=O)CCCNC(=O)c1ccc(-c2ccccc2)nc1C. The summed E-state index contributed by atoms with van der Waals surface area (Å²) in [6.45, 7) is 4.40. The molecule has 1 amide bonds. The molecule has 1 aromatic carbocycles. The number of nitrogens with one attached hydrogen (secondary N) is 1. The molecule has 1 heterocycles. The Morgan fingerprint density at radius 1 is 1.12 bits per heavy atom. The maximum Gasteiger partial charge on any atom is 0.305 e. The number of amides is 1. The minimum absolute atomic E-state index is 0.177. The van der Waals surface area contributed by atoms with Crippen LogP contribution in [0.2, 0.25) is 0 Å². The molecule has 0 aliphatic rings. The third kappa shape index (κ3) is 4.91. The summed E-state index contributed by atoms with van der Waals surface area (Å²) in [5.41, 5.74) is 3.08. The second-order valence-corrected chi connectivity index (χ2v) is 5.36. The molecule has 2 aromatic rings. The molecule has 24 heavy (non-hydrogen) atoms. The quantitative estimate of drug-likeness (QED) is 0.627. The third-order valence-corrected chi connectivity index (χ3v) is 3.55. The van der Waals surface area contributed by atoms with E-state index in [2.05, 4.69) is 10.3 Å². The molecule has 0 spiro atoms. The molecule has 0 atom stereocenters. The molecule has 0 fully saturated rings. The van der Waals surface area contributed by atoms with Crippen molar-refractivity contribution < 1.29 is 14.3 Å². The molecule has 5 heteroatoms. The molecular formula is C19H22N2O3. The molecule has 0 unspecified atom stereocenters. The van der Waals surface area contributed by atoms with Crippen molar-refractivity contribution in [3.05, 3.63) is 53.7 Å². The number of esters is 1. The van der Waals surface area contributed by atoms with Gasteiger partial charge in [-0.15, -0.1) is 0 Å². The lowest BCUT2D eigenvalue weighted by Gasteiger charge is -2.09. The van der Waals surface area contributed by atoms with Crippen LogP contribution in [0.1, 0.15) is 35.8 Å². The average molecular weight is 326 g/mol. The fourth-order valence-electron chi connectivity index (χ4n) is 2.33. The van der Waals surface area contributed by atoms with Gasteiger partial charge in [0.25, 0.3) is 5.91 Å². The Morgan fingerprint density at radius 2 is 1.88 bits per heavy atom. The smallest absolute Gasteiger partial charge is 0.305 e. The van der Waals surface area contributed by atoms with Crippen molar-refractivity contribution in [3.63, 3.8) is 0 Å². The Bertz CT molecular complexity index is 699. The summed E-state index contributed by atoms with van der Waals surface area (Å²) in [6.07, 6.45) is 0.859. The number of rotatable bonds is 7. The van der Waals surface area contributed by atoms with E-state index >= 15 is 0 Å². The molecule has 0 aliphatic carbocycles. The van der Waals surface area contributed by atoms with Gasteiger partial charge in [-0.05, 0) is 32.4 Å². The molecule has 0 aliphatic heterocycles. The van der Waals surface area contributed by atoms with E-state index in [0.717, 1.165) is 11.3 Å². The van der Waals surface area contributed by atoms with E-state index in [9.17, 15) is 9.59 Å². The predicted molar refractivity (Wildman–Crippen MR) is 92.6 cm³/mol. The topological polar surface area (TPSA) is 68.3 Å². The summed E-state index contributed by atoms with van der Waals surface area (Å²) in [5.74, 6) is -0.416. The van der Waals surface area contributed by atoms with Crippen molar-refractivity contribution in [1.29, 1.82) is 0 Å². The van der Waals surface area contributed by atoms with Gasteiger partial charge in [-0.25, -0.2) is 0 Å². The molecule has 0 bridgehead atoms. The van der Waals surface area contributed by atoms with Gasteiger partial charge < -0.3 is 10.1 Å². The first-order valence-electron chi connectivity index (χ1n) is 8.08. The van der Waals surface area contributed by atoms with Crippen LogP contribution in [0.5, 0.6) is 0 Å². The number of nitrogens with zero attached hydrogens (tertiary/aromatic N) is 1. The Kier molecular flexibility index (Phi) is 6.49. The van der Waals surface area contributed by atoms with Crippen LogP contribution in [0.4, 0.5) is 0 Å². The lowest BCUT2D eigenvalue weighted by Crippen LogP contribution is -2.26. The minimum Gasteiger partial charge on any atom is -0.466 e. The molecule has 5 nitrogen and oxygen atoms in total. The van der Waals surface area contributed by atoms with Crippen LogP contribution in [0, 0.1) is 6.92 Å². The van der Waals surface area contributed by atoms with Crippen LogP contribution in [0.15, 0.2) is 42.5 Å². The molecule has 126 valence electrons. The molecule has 2 rings (SSSR count). The molecule has 0 saturated heterocycles. The van der Waals surface area contributed by atoms with E-state index in [1.807, 2.05) is 43.3 Å². The van der Waals surface area contributed by atoms with Gasteiger partial charge in [-0.3, -0.25) is 14.6 Å². The average Bonchev–Trinajstić information content (AvgIpc) is 2.59. The first kappa shape index (κ1) is 17.7. The fourth-order valence-corrected chi connectivity index (χ4v) is 2.33. The van der Waals surface area contributed by atoms with Crippen LogP contribution >= 0.6 is 0 Å². The third-order valence-electron chi connectivity index (χ3n) is 3.55. The van der Waals surface area contributed by atoms with Gasteiger partial charge in [0.1, 0.15) is 0 Å². The van der Waals surface area contributed by atoms with Gasteiger partial charge in [-0.2, -0.15) is 0 Å². The van der Waals surface area contributed by atoms with Gasteiger partial charge >= 0.3 is 5.97 Å². The number of carbonyl (C=O) groups is 2. The number of carbonyl (C=O) groups excluding carboxylic acids is 2. The van der Waals surface area contributed by atoms with Crippen molar-refractivity contribution >= 4 is 11.9 Å². The van der Waals surface area contributed by atoms with Crippen molar-refractivity contribution in [2.45, 2.75) is 26.7 Å². The van der Waals surface area contributed by atoms with Crippen LogP contribution in [-0.4, -0.2) is 30.0 Å². The van der Waals surface area contributed by atoms with Crippen molar-refractivity contribution in [3.8, 4) is 11.3 Å². The Hall–Kier alpha value is -2.69. The van der Waals surface area contributed by atoms with Crippen molar-refractivity contribution in [1.82, 2.24) is 10.3 Å². The molecular weight excluding hydrogens is 304 g/mol. The van der Waals surface area contributed by atoms with E-state index in [-0.39, 0.29) is 11.9 Å². The van der Waals surface area contributed by atoms with E-state index < -0.39 is 0 Å². The fraction of sp³-hybridized carbons (Fsp3) is 0.316. The van der Waals surface area contributed by atoms with Gasteiger partial charge in [0.2, 0.25) is 0 Å². The summed E-state index contributed by atoms with van der Waals surface area (Å²) in [4.78, 5) is 28.0. The highest BCUT2D eigenvalue weighted by atomic mass is 16.5. The Morgan fingerprint density at radius 3 is 2.54 bits per heavy atom. The van der Waals surface area contributed by atoms with Crippen LogP contribution in [0.3, 0.4) is 0 Å². The zero-order chi connectivity index (χ0) is 17.4. The van der Waals surface area contributed by atoms with Gasteiger partial charge in [0, 0.05) is 18.5 Å².